The Morgan fingerprint density at radius 2 is 2.17 bits per heavy atom. The minimum atomic E-state index is 0.198. The molecule has 104 valence electrons. The molecule has 1 N–H and O–H groups in total. The van der Waals surface area contributed by atoms with Crippen molar-refractivity contribution in [2.24, 2.45) is 0 Å². The fourth-order valence-corrected chi connectivity index (χ4v) is 2.25. The molecule has 0 saturated carbocycles. The van der Waals surface area contributed by atoms with E-state index in [-0.39, 0.29) is 6.04 Å². The van der Waals surface area contributed by atoms with E-state index in [4.69, 9.17) is 16.3 Å². The molecule has 1 atom stereocenters. The van der Waals surface area contributed by atoms with E-state index in [1.54, 1.807) is 6.20 Å². The van der Waals surface area contributed by atoms with Crippen LogP contribution in [0.25, 0.3) is 0 Å². The summed E-state index contributed by atoms with van der Waals surface area (Å²) in [5, 5.41) is 8.35. The van der Waals surface area contributed by atoms with E-state index in [1.165, 1.54) is 0 Å². The van der Waals surface area contributed by atoms with Gasteiger partial charge in [-0.05, 0) is 26.3 Å². The minimum Gasteiger partial charge on any atom is -0.381 e. The third-order valence-corrected chi connectivity index (χ3v) is 3.14. The van der Waals surface area contributed by atoms with Gasteiger partial charge in [-0.3, -0.25) is 4.68 Å². The number of nitrogens with one attached hydrogen (secondary N) is 1. The fraction of sp³-hybridized carbons (Fsp3) is 0.769. The van der Waals surface area contributed by atoms with Crippen molar-refractivity contribution >= 4 is 11.6 Å². The van der Waals surface area contributed by atoms with E-state index < -0.39 is 0 Å². The Morgan fingerprint density at radius 1 is 1.39 bits per heavy atom. The van der Waals surface area contributed by atoms with Crippen LogP contribution < -0.4 is 5.32 Å². The lowest BCUT2D eigenvalue weighted by molar-refractivity contribution is 0.124. The summed E-state index contributed by atoms with van der Waals surface area (Å²) in [7, 11) is 1.95. The van der Waals surface area contributed by atoms with Gasteiger partial charge < -0.3 is 10.1 Å². The summed E-state index contributed by atoms with van der Waals surface area (Å²) in [4.78, 5) is 0. The molecule has 0 aliphatic heterocycles. The number of nitrogens with zero attached hydrogens (tertiary/aromatic N) is 2. The van der Waals surface area contributed by atoms with Crippen molar-refractivity contribution in [3.8, 4) is 0 Å². The highest BCUT2D eigenvalue weighted by Gasteiger charge is 2.18. The van der Waals surface area contributed by atoms with Gasteiger partial charge >= 0.3 is 0 Å². The number of halogens is 1. The molecule has 1 rings (SSSR count). The van der Waals surface area contributed by atoms with E-state index in [0.717, 1.165) is 49.7 Å². The zero-order valence-electron chi connectivity index (χ0n) is 11.6. The van der Waals surface area contributed by atoms with Crippen molar-refractivity contribution in [3.05, 3.63) is 16.9 Å². The first-order valence-electron chi connectivity index (χ1n) is 6.70. The minimum absolute atomic E-state index is 0.198. The molecule has 0 radical (unpaired) electrons. The van der Waals surface area contributed by atoms with E-state index in [1.807, 2.05) is 11.7 Å². The Kier molecular flexibility index (Phi) is 7.32. The predicted octanol–water partition coefficient (Wildman–Crippen LogP) is 3.02. The Labute approximate surface area is 115 Å². The van der Waals surface area contributed by atoms with Crippen LogP contribution in [-0.2, 0) is 11.3 Å². The summed E-state index contributed by atoms with van der Waals surface area (Å²) in [6.07, 6.45) is 4.74. The summed E-state index contributed by atoms with van der Waals surface area (Å²) in [5.41, 5.74) is 1.07. The maximum Gasteiger partial charge on any atom is 0.0834 e. The van der Waals surface area contributed by atoms with Crippen molar-refractivity contribution in [1.29, 1.82) is 0 Å². The fourth-order valence-electron chi connectivity index (χ4n) is 1.97. The maximum absolute atomic E-state index is 6.23. The van der Waals surface area contributed by atoms with Crippen LogP contribution in [0.4, 0.5) is 0 Å². The lowest BCUT2D eigenvalue weighted by atomic mass is 10.1. The quantitative estimate of drug-likeness (QED) is 0.703. The standard InChI is InChI=1S/C13H24ClN3O/c1-4-7-17-13(11(14)10-16-17)12(15-3)6-9-18-8-5-2/h10,12,15H,4-9H2,1-3H3. The molecule has 0 fully saturated rings. The smallest absolute Gasteiger partial charge is 0.0834 e. The first-order chi connectivity index (χ1) is 8.74. The van der Waals surface area contributed by atoms with Crippen molar-refractivity contribution < 1.29 is 4.74 Å². The average Bonchev–Trinajstić information content (AvgIpc) is 2.72. The summed E-state index contributed by atoms with van der Waals surface area (Å²) < 4.78 is 7.53. The number of ether oxygens (including phenoxy) is 1. The highest BCUT2D eigenvalue weighted by molar-refractivity contribution is 6.31. The molecule has 0 aromatic carbocycles. The molecular weight excluding hydrogens is 250 g/mol. The molecule has 18 heavy (non-hydrogen) atoms. The van der Waals surface area contributed by atoms with Gasteiger partial charge in [-0.1, -0.05) is 25.4 Å². The molecule has 0 amide bonds. The number of aromatic nitrogens is 2. The monoisotopic (exact) mass is 273 g/mol. The van der Waals surface area contributed by atoms with Gasteiger partial charge in [0.1, 0.15) is 0 Å². The summed E-state index contributed by atoms with van der Waals surface area (Å²) >= 11 is 6.23. The van der Waals surface area contributed by atoms with E-state index in [2.05, 4.69) is 24.3 Å². The van der Waals surface area contributed by atoms with Gasteiger partial charge in [0.25, 0.3) is 0 Å². The average molecular weight is 274 g/mol. The number of hydrogen-bond acceptors (Lipinski definition) is 3. The molecule has 1 aromatic heterocycles. The highest BCUT2D eigenvalue weighted by atomic mass is 35.5. The zero-order chi connectivity index (χ0) is 13.4. The van der Waals surface area contributed by atoms with Crippen LogP contribution in [0, 0.1) is 0 Å². The van der Waals surface area contributed by atoms with Gasteiger partial charge in [0.15, 0.2) is 0 Å². The summed E-state index contributed by atoms with van der Waals surface area (Å²) in [6, 6.07) is 0.198. The molecule has 0 spiro atoms. The SMILES string of the molecule is CCCOCCC(NC)c1c(Cl)cnn1CCC. The molecule has 0 bridgehead atoms. The Hall–Kier alpha value is -0.580. The van der Waals surface area contributed by atoms with Gasteiger partial charge in [-0.15, -0.1) is 0 Å². The van der Waals surface area contributed by atoms with Gasteiger partial charge in [-0.25, -0.2) is 0 Å². The first-order valence-corrected chi connectivity index (χ1v) is 7.08. The van der Waals surface area contributed by atoms with Crippen LogP contribution in [0.15, 0.2) is 6.20 Å². The van der Waals surface area contributed by atoms with Crippen molar-refractivity contribution in [2.75, 3.05) is 20.3 Å². The van der Waals surface area contributed by atoms with Gasteiger partial charge in [-0.2, -0.15) is 5.10 Å². The van der Waals surface area contributed by atoms with E-state index >= 15 is 0 Å². The maximum atomic E-state index is 6.23. The van der Waals surface area contributed by atoms with Gasteiger partial charge in [0.2, 0.25) is 0 Å². The van der Waals surface area contributed by atoms with Crippen LogP contribution in [-0.4, -0.2) is 30.0 Å². The molecule has 0 aliphatic carbocycles. The molecule has 0 aliphatic rings. The normalized spacial score (nSPS) is 12.9. The Balaban J connectivity index is 2.65. The van der Waals surface area contributed by atoms with E-state index in [0.29, 0.717) is 0 Å². The van der Waals surface area contributed by atoms with Gasteiger partial charge in [0.05, 0.1) is 23.0 Å². The second-order valence-electron chi connectivity index (χ2n) is 4.34. The molecule has 1 heterocycles. The van der Waals surface area contributed by atoms with Crippen LogP contribution >= 0.6 is 11.6 Å². The molecular formula is C13H24ClN3O. The number of rotatable bonds is 9. The second kappa shape index (κ2) is 8.51. The van der Waals surface area contributed by atoms with Crippen molar-refractivity contribution in [1.82, 2.24) is 15.1 Å². The Bertz CT molecular complexity index is 341. The predicted molar refractivity (Wildman–Crippen MR) is 75.1 cm³/mol. The molecule has 4 nitrogen and oxygen atoms in total. The highest BCUT2D eigenvalue weighted by Crippen LogP contribution is 2.25. The lowest BCUT2D eigenvalue weighted by Crippen LogP contribution is -2.22. The van der Waals surface area contributed by atoms with Crippen LogP contribution in [0.5, 0.6) is 0 Å². The second-order valence-corrected chi connectivity index (χ2v) is 4.75. The van der Waals surface area contributed by atoms with Crippen LogP contribution in [0.1, 0.15) is 44.8 Å². The third kappa shape index (κ3) is 4.26. The largest absolute Gasteiger partial charge is 0.381 e. The topological polar surface area (TPSA) is 39.1 Å². The van der Waals surface area contributed by atoms with Crippen LogP contribution in [0.3, 0.4) is 0 Å². The summed E-state index contributed by atoms with van der Waals surface area (Å²) in [5.74, 6) is 0. The summed E-state index contributed by atoms with van der Waals surface area (Å²) in [6.45, 7) is 6.71. The molecule has 0 saturated heterocycles. The molecule has 1 aromatic rings. The molecule has 1 unspecified atom stereocenters. The number of hydrogen-bond donors (Lipinski definition) is 1. The zero-order valence-corrected chi connectivity index (χ0v) is 12.3. The molecule has 5 heteroatoms. The Morgan fingerprint density at radius 3 is 2.78 bits per heavy atom. The first kappa shape index (κ1) is 15.5. The number of aryl methyl sites for hydroxylation is 1. The van der Waals surface area contributed by atoms with Gasteiger partial charge in [0, 0.05) is 19.8 Å². The lowest BCUT2D eigenvalue weighted by Gasteiger charge is -2.18. The third-order valence-electron chi connectivity index (χ3n) is 2.85. The van der Waals surface area contributed by atoms with Crippen LogP contribution in [0.2, 0.25) is 5.02 Å². The van der Waals surface area contributed by atoms with E-state index in [9.17, 15) is 0 Å². The van der Waals surface area contributed by atoms with Crippen molar-refractivity contribution in [3.63, 3.8) is 0 Å². The van der Waals surface area contributed by atoms with Crippen molar-refractivity contribution in [2.45, 2.75) is 45.7 Å².